The van der Waals surface area contributed by atoms with Gasteiger partial charge < -0.3 is 25.4 Å². The van der Waals surface area contributed by atoms with Crippen LogP contribution in [0.1, 0.15) is 5.56 Å². The van der Waals surface area contributed by atoms with Gasteiger partial charge >= 0.3 is 0 Å². The first-order chi connectivity index (χ1) is 15.3. The van der Waals surface area contributed by atoms with Gasteiger partial charge in [-0.2, -0.15) is 10.1 Å². The van der Waals surface area contributed by atoms with Crippen LogP contribution < -0.4 is 15.9 Å². The van der Waals surface area contributed by atoms with E-state index in [0.717, 1.165) is 12.1 Å². The number of rotatable bonds is 8. The summed E-state index contributed by atoms with van der Waals surface area (Å²) in [5.74, 6) is -2.37. The molecule has 0 fully saturated rings. The van der Waals surface area contributed by atoms with E-state index >= 15 is 0 Å². The summed E-state index contributed by atoms with van der Waals surface area (Å²) in [7, 11) is 0. The Balaban J connectivity index is 1.93. The van der Waals surface area contributed by atoms with Gasteiger partial charge in [-0.25, -0.2) is 8.78 Å². The molecule has 168 valence electrons. The second-order valence-electron chi connectivity index (χ2n) is 6.47. The van der Waals surface area contributed by atoms with Gasteiger partial charge in [-0.1, -0.05) is 29.8 Å². The number of nitrogens with two attached hydrogens (primary N) is 1. The molecule has 0 unspecified atom stereocenters. The molecule has 2 aromatic carbocycles. The molecule has 0 aliphatic carbocycles. The summed E-state index contributed by atoms with van der Waals surface area (Å²) in [6, 6.07) is 9.59. The van der Waals surface area contributed by atoms with Crippen LogP contribution in [0.25, 0.3) is 0 Å². The Bertz CT molecular complexity index is 1120. The van der Waals surface area contributed by atoms with Crippen molar-refractivity contribution in [1.29, 1.82) is 0 Å². The van der Waals surface area contributed by atoms with Gasteiger partial charge in [0.2, 0.25) is 5.88 Å². The second kappa shape index (κ2) is 10.2. The van der Waals surface area contributed by atoms with Crippen LogP contribution in [0.2, 0.25) is 5.02 Å². The molecule has 1 aliphatic heterocycles. The van der Waals surface area contributed by atoms with Crippen molar-refractivity contribution in [2.45, 2.75) is 6.10 Å². The zero-order valence-electron chi connectivity index (χ0n) is 16.6. The van der Waals surface area contributed by atoms with Crippen molar-refractivity contribution in [3.63, 3.8) is 0 Å². The zero-order chi connectivity index (χ0) is 23.3. The summed E-state index contributed by atoms with van der Waals surface area (Å²) >= 11 is 6.27. The number of aliphatic hydroxyl groups excluding tert-OH is 2. The fourth-order valence-corrected chi connectivity index (χ4v) is 2.86. The van der Waals surface area contributed by atoms with E-state index in [9.17, 15) is 13.9 Å². The average Bonchev–Trinajstić information content (AvgIpc) is 3.17. The Labute approximate surface area is 186 Å². The topological polar surface area (TPSA) is 122 Å². The lowest BCUT2D eigenvalue weighted by Gasteiger charge is -2.14. The number of halogens is 3. The molecule has 1 heterocycles. The molecule has 0 radical (unpaired) electrons. The van der Waals surface area contributed by atoms with E-state index in [4.69, 9.17) is 31.9 Å². The van der Waals surface area contributed by atoms with Crippen molar-refractivity contribution >= 4 is 23.1 Å². The molecular formula is C21H19ClF2N4O4. The summed E-state index contributed by atoms with van der Waals surface area (Å²) in [5.41, 5.74) is 9.69. The Hall–Kier alpha value is -3.47. The number of hydrogen-bond acceptors (Lipinski definition) is 7. The van der Waals surface area contributed by atoms with E-state index in [2.05, 4.69) is 22.1 Å². The number of ether oxygens (including phenoxy) is 2. The molecule has 8 nitrogen and oxygen atoms in total. The number of benzene rings is 2. The smallest absolute Gasteiger partial charge is 0.214 e. The molecular weight excluding hydrogens is 446 g/mol. The van der Waals surface area contributed by atoms with Gasteiger partial charge in [-0.3, -0.25) is 5.43 Å². The standard InChI is InChI=1S/C21H19ClF2N4O4/c1-11(32-17-7-6-12(23)8-16(17)24)26-21-18(20(25)31-10-13(30)9-29)19(27-28-21)14-4-2-3-5-15(14)22/h2-8,13,29-30H,1,9-10,25H2,(H,26,28)/b20-18+/t13-/m0/s1. The number of amidine groups is 1. The van der Waals surface area contributed by atoms with Crippen molar-refractivity contribution in [1.82, 2.24) is 5.43 Å². The summed E-state index contributed by atoms with van der Waals surface area (Å²) in [5, 5.41) is 23.1. The van der Waals surface area contributed by atoms with E-state index in [1.165, 1.54) is 0 Å². The normalized spacial score (nSPS) is 16.9. The number of aliphatic imine (C=N–C) groups is 1. The summed E-state index contributed by atoms with van der Waals surface area (Å²) in [4.78, 5) is 4.13. The van der Waals surface area contributed by atoms with E-state index in [0.29, 0.717) is 16.7 Å². The molecule has 0 bridgehead atoms. The van der Waals surface area contributed by atoms with Gasteiger partial charge in [0.15, 0.2) is 23.3 Å². The lowest BCUT2D eigenvalue weighted by Crippen LogP contribution is -2.25. The maximum Gasteiger partial charge on any atom is 0.214 e. The maximum atomic E-state index is 13.9. The fraction of sp³-hybridized carbons (Fsp3) is 0.143. The van der Waals surface area contributed by atoms with Crippen LogP contribution in [0.15, 0.2) is 76.5 Å². The predicted molar refractivity (Wildman–Crippen MR) is 115 cm³/mol. The van der Waals surface area contributed by atoms with Crippen molar-refractivity contribution in [2.75, 3.05) is 13.2 Å². The van der Waals surface area contributed by atoms with Crippen LogP contribution in [0.4, 0.5) is 8.78 Å². The number of aliphatic hydroxyl groups is 2. The Morgan fingerprint density at radius 1 is 1.28 bits per heavy atom. The number of hydrogen-bond donors (Lipinski definition) is 4. The molecule has 0 amide bonds. The average molecular weight is 465 g/mol. The molecule has 3 rings (SSSR count). The predicted octanol–water partition coefficient (Wildman–Crippen LogP) is 2.41. The van der Waals surface area contributed by atoms with Crippen molar-refractivity contribution in [3.05, 3.63) is 88.6 Å². The summed E-state index contributed by atoms with van der Waals surface area (Å²) < 4.78 is 37.6. The third-order valence-electron chi connectivity index (χ3n) is 4.12. The number of hydrazone groups is 1. The van der Waals surface area contributed by atoms with E-state index < -0.39 is 24.3 Å². The third-order valence-corrected chi connectivity index (χ3v) is 4.45. The van der Waals surface area contributed by atoms with Crippen molar-refractivity contribution in [2.24, 2.45) is 15.8 Å². The quantitative estimate of drug-likeness (QED) is 0.445. The lowest BCUT2D eigenvalue weighted by atomic mass is 10.0. The minimum Gasteiger partial charge on any atom is -0.476 e. The van der Waals surface area contributed by atoms with Gasteiger partial charge in [-0.15, -0.1) is 0 Å². The lowest BCUT2D eigenvalue weighted by molar-refractivity contribution is 0.0294. The van der Waals surface area contributed by atoms with Gasteiger partial charge in [0, 0.05) is 11.6 Å². The van der Waals surface area contributed by atoms with Gasteiger partial charge in [0.05, 0.1) is 11.6 Å². The number of nitrogens with one attached hydrogen (secondary N) is 1. The minimum absolute atomic E-state index is 0.0448. The molecule has 2 aromatic rings. The second-order valence-corrected chi connectivity index (χ2v) is 6.88. The van der Waals surface area contributed by atoms with Crippen LogP contribution in [0.5, 0.6) is 5.75 Å². The van der Waals surface area contributed by atoms with E-state index in [-0.39, 0.29) is 41.2 Å². The third kappa shape index (κ3) is 5.41. The first-order valence-electron chi connectivity index (χ1n) is 9.21. The first-order valence-corrected chi connectivity index (χ1v) is 9.59. The molecule has 5 N–H and O–H groups in total. The Morgan fingerprint density at radius 2 is 2.03 bits per heavy atom. The highest BCUT2D eigenvalue weighted by molar-refractivity contribution is 6.40. The van der Waals surface area contributed by atoms with E-state index in [1.54, 1.807) is 24.3 Å². The van der Waals surface area contributed by atoms with Crippen LogP contribution in [-0.4, -0.2) is 41.1 Å². The molecule has 32 heavy (non-hydrogen) atoms. The molecule has 0 saturated heterocycles. The van der Waals surface area contributed by atoms with Gasteiger partial charge in [0.1, 0.15) is 29.8 Å². The van der Waals surface area contributed by atoms with E-state index in [1.807, 2.05) is 0 Å². The molecule has 0 spiro atoms. The largest absolute Gasteiger partial charge is 0.476 e. The van der Waals surface area contributed by atoms with Crippen molar-refractivity contribution < 1.29 is 28.5 Å². The molecule has 11 heteroatoms. The van der Waals surface area contributed by atoms with Gasteiger partial charge in [0.25, 0.3) is 0 Å². The SMILES string of the molecule is C=C(/N=C1/NN=C(c2ccccc2Cl)/C1=C(/N)OC[C@@H](O)CO)Oc1ccc(F)cc1F. The molecule has 1 aliphatic rings. The molecule has 1 atom stereocenters. The highest BCUT2D eigenvalue weighted by Gasteiger charge is 2.28. The van der Waals surface area contributed by atoms with Crippen LogP contribution in [0, 0.1) is 11.6 Å². The monoisotopic (exact) mass is 464 g/mol. The van der Waals surface area contributed by atoms with Crippen molar-refractivity contribution in [3.8, 4) is 5.75 Å². The maximum absolute atomic E-state index is 13.9. The Kier molecular flexibility index (Phi) is 7.41. The fourth-order valence-electron chi connectivity index (χ4n) is 2.64. The first kappa shape index (κ1) is 23.2. The summed E-state index contributed by atoms with van der Waals surface area (Å²) in [6.45, 7) is 2.78. The highest BCUT2D eigenvalue weighted by Crippen LogP contribution is 2.25. The molecule has 0 saturated carbocycles. The van der Waals surface area contributed by atoms with Crippen LogP contribution in [-0.2, 0) is 4.74 Å². The van der Waals surface area contributed by atoms with Gasteiger partial charge in [-0.05, 0) is 24.8 Å². The van der Waals surface area contributed by atoms with Crippen LogP contribution in [0.3, 0.4) is 0 Å². The highest BCUT2D eigenvalue weighted by atomic mass is 35.5. The number of nitrogens with zero attached hydrogens (tertiary/aromatic N) is 2. The summed E-state index contributed by atoms with van der Waals surface area (Å²) in [6.07, 6.45) is -1.16. The molecule has 0 aromatic heterocycles. The Morgan fingerprint density at radius 3 is 2.72 bits per heavy atom. The minimum atomic E-state index is -1.16. The van der Waals surface area contributed by atoms with Crippen LogP contribution >= 0.6 is 11.6 Å². The zero-order valence-corrected chi connectivity index (χ0v) is 17.3.